The molecule has 0 bridgehead atoms. The molecule has 1 aromatic heterocycles. The molecule has 80 valence electrons. The summed E-state index contributed by atoms with van der Waals surface area (Å²) in [5, 5.41) is 3.32. The van der Waals surface area contributed by atoms with Crippen LogP contribution in [0.1, 0.15) is 5.69 Å². The Bertz CT molecular complexity index is 226. The quantitative estimate of drug-likeness (QED) is 0.558. The van der Waals surface area contributed by atoms with Crippen LogP contribution in [-0.2, 0) is 6.54 Å². The van der Waals surface area contributed by atoms with Crippen molar-refractivity contribution in [2.24, 2.45) is 0 Å². The molecule has 0 unspecified atom stereocenters. The predicted octanol–water partition coefficient (Wildman–Crippen LogP) is 1.84. The van der Waals surface area contributed by atoms with Gasteiger partial charge < -0.3 is 10.3 Å². The monoisotopic (exact) mass is 233 g/mol. The van der Waals surface area contributed by atoms with Crippen molar-refractivity contribution in [2.75, 3.05) is 18.1 Å². The van der Waals surface area contributed by atoms with Crippen molar-refractivity contribution in [3.8, 4) is 0 Å². The normalized spacial score (nSPS) is 9.43. The number of nitrogens with one attached hydrogen (secondary N) is 2. The number of aromatic nitrogens is 2. The molecular weight excluding hydrogens is 218 g/mol. The van der Waals surface area contributed by atoms with Gasteiger partial charge in [0.15, 0.2) is 0 Å². The largest absolute Gasteiger partial charge is 0.347 e. The summed E-state index contributed by atoms with van der Waals surface area (Å²) in [4.78, 5) is 6.98. The van der Waals surface area contributed by atoms with Gasteiger partial charge in [-0.05, 0) is 0 Å². The third-order valence-electron chi connectivity index (χ3n) is 1.53. The second-order valence-corrected chi connectivity index (χ2v) is 3.77. The standard InChI is InChI=1S/C9H15N3S.ClH/c1-2-4-13-5-3-10-6-9-7-11-8-12-9;/h2,7-8,10H,1,3-6H2,(H,11,12);1H. The van der Waals surface area contributed by atoms with Crippen LogP contribution in [0.4, 0.5) is 0 Å². The Kier molecular flexibility index (Phi) is 8.83. The smallest absolute Gasteiger partial charge is 0.0922 e. The molecule has 0 fully saturated rings. The summed E-state index contributed by atoms with van der Waals surface area (Å²) in [6, 6.07) is 0. The van der Waals surface area contributed by atoms with E-state index in [4.69, 9.17) is 0 Å². The van der Waals surface area contributed by atoms with E-state index in [9.17, 15) is 0 Å². The summed E-state index contributed by atoms with van der Waals surface area (Å²) in [6.07, 6.45) is 5.47. The van der Waals surface area contributed by atoms with E-state index in [0.29, 0.717) is 0 Å². The average molecular weight is 234 g/mol. The average Bonchev–Trinajstić information content (AvgIpc) is 2.63. The molecule has 0 spiro atoms. The number of H-pyrrole nitrogens is 1. The molecule has 0 saturated heterocycles. The molecule has 0 atom stereocenters. The first kappa shape index (κ1) is 13.5. The molecule has 0 aliphatic heterocycles. The van der Waals surface area contributed by atoms with E-state index in [0.717, 1.165) is 30.3 Å². The van der Waals surface area contributed by atoms with Crippen molar-refractivity contribution in [2.45, 2.75) is 6.54 Å². The van der Waals surface area contributed by atoms with Gasteiger partial charge in [-0.3, -0.25) is 0 Å². The van der Waals surface area contributed by atoms with Gasteiger partial charge in [-0.25, -0.2) is 4.98 Å². The molecule has 0 aromatic carbocycles. The second kappa shape index (κ2) is 9.12. The van der Waals surface area contributed by atoms with E-state index in [-0.39, 0.29) is 12.4 Å². The highest BCUT2D eigenvalue weighted by molar-refractivity contribution is 7.99. The summed E-state index contributed by atoms with van der Waals surface area (Å²) in [7, 11) is 0. The first-order chi connectivity index (χ1) is 6.43. The van der Waals surface area contributed by atoms with Gasteiger partial charge in [0, 0.05) is 36.5 Å². The van der Waals surface area contributed by atoms with E-state index in [1.165, 1.54) is 0 Å². The van der Waals surface area contributed by atoms with Crippen LogP contribution in [0.2, 0.25) is 0 Å². The number of hydrogen-bond acceptors (Lipinski definition) is 3. The number of nitrogens with zero attached hydrogens (tertiary/aromatic N) is 1. The summed E-state index contributed by atoms with van der Waals surface area (Å²) in [5.41, 5.74) is 1.13. The molecule has 1 rings (SSSR count). The molecule has 2 N–H and O–H groups in total. The van der Waals surface area contributed by atoms with E-state index >= 15 is 0 Å². The van der Waals surface area contributed by atoms with Crippen molar-refractivity contribution < 1.29 is 0 Å². The van der Waals surface area contributed by atoms with Crippen LogP contribution in [0.25, 0.3) is 0 Å². The van der Waals surface area contributed by atoms with Crippen molar-refractivity contribution in [1.82, 2.24) is 15.3 Å². The Labute approximate surface area is 95.2 Å². The lowest BCUT2D eigenvalue weighted by atomic mass is 10.5. The topological polar surface area (TPSA) is 40.7 Å². The molecular formula is C9H16ClN3S. The Hall–Kier alpha value is -0.450. The van der Waals surface area contributed by atoms with E-state index < -0.39 is 0 Å². The van der Waals surface area contributed by atoms with Crippen LogP contribution in [0.3, 0.4) is 0 Å². The van der Waals surface area contributed by atoms with Gasteiger partial charge in [0.1, 0.15) is 0 Å². The van der Waals surface area contributed by atoms with Crippen LogP contribution < -0.4 is 5.32 Å². The summed E-state index contributed by atoms with van der Waals surface area (Å²) in [6.45, 7) is 5.56. The van der Waals surface area contributed by atoms with E-state index in [2.05, 4.69) is 21.9 Å². The van der Waals surface area contributed by atoms with Gasteiger partial charge in [-0.2, -0.15) is 11.8 Å². The summed E-state index contributed by atoms with van der Waals surface area (Å²) >= 11 is 1.88. The van der Waals surface area contributed by atoms with Gasteiger partial charge in [-0.15, -0.1) is 19.0 Å². The fourth-order valence-electron chi connectivity index (χ4n) is 0.915. The van der Waals surface area contributed by atoms with Crippen LogP contribution in [0, 0.1) is 0 Å². The van der Waals surface area contributed by atoms with Crippen LogP contribution >= 0.6 is 24.2 Å². The first-order valence-electron chi connectivity index (χ1n) is 4.30. The zero-order chi connectivity index (χ0) is 9.36. The maximum absolute atomic E-state index is 3.94. The van der Waals surface area contributed by atoms with Gasteiger partial charge in [-0.1, -0.05) is 6.08 Å². The molecule has 3 nitrogen and oxygen atoms in total. The number of imidazole rings is 1. The molecule has 14 heavy (non-hydrogen) atoms. The Morgan fingerprint density at radius 2 is 2.50 bits per heavy atom. The number of hydrogen-bond donors (Lipinski definition) is 2. The molecule has 1 aromatic rings. The van der Waals surface area contributed by atoms with Gasteiger partial charge in [0.05, 0.1) is 6.33 Å². The number of halogens is 1. The molecule has 1 heterocycles. The first-order valence-corrected chi connectivity index (χ1v) is 5.45. The fourth-order valence-corrected chi connectivity index (χ4v) is 1.54. The minimum Gasteiger partial charge on any atom is -0.347 e. The zero-order valence-electron chi connectivity index (χ0n) is 8.03. The Morgan fingerprint density at radius 3 is 3.14 bits per heavy atom. The van der Waals surface area contributed by atoms with Crippen molar-refractivity contribution in [3.63, 3.8) is 0 Å². The number of thioether (sulfide) groups is 1. The summed E-state index contributed by atoms with van der Waals surface area (Å²) in [5.74, 6) is 2.16. The SMILES string of the molecule is C=CCSCCNCc1cnc[nH]1.Cl. The van der Waals surface area contributed by atoms with Gasteiger partial charge >= 0.3 is 0 Å². The minimum absolute atomic E-state index is 0. The van der Waals surface area contributed by atoms with Crippen molar-refractivity contribution >= 4 is 24.2 Å². The number of rotatable bonds is 7. The molecule has 5 heteroatoms. The van der Waals surface area contributed by atoms with Crippen molar-refractivity contribution in [1.29, 1.82) is 0 Å². The Balaban J connectivity index is 0.00000169. The lowest BCUT2D eigenvalue weighted by Gasteiger charge is -2.01. The molecule has 0 amide bonds. The lowest BCUT2D eigenvalue weighted by molar-refractivity contribution is 0.719. The van der Waals surface area contributed by atoms with Crippen LogP contribution in [0.5, 0.6) is 0 Å². The highest BCUT2D eigenvalue weighted by Crippen LogP contribution is 1.97. The number of aromatic amines is 1. The maximum Gasteiger partial charge on any atom is 0.0922 e. The third-order valence-corrected chi connectivity index (χ3v) is 2.49. The molecule has 0 aliphatic rings. The van der Waals surface area contributed by atoms with E-state index in [1.54, 1.807) is 6.33 Å². The minimum atomic E-state index is 0. The molecule has 0 saturated carbocycles. The predicted molar refractivity (Wildman–Crippen MR) is 65.1 cm³/mol. The van der Waals surface area contributed by atoms with Crippen molar-refractivity contribution in [3.05, 3.63) is 30.9 Å². The van der Waals surface area contributed by atoms with Crippen LogP contribution in [0.15, 0.2) is 25.2 Å². The van der Waals surface area contributed by atoms with Crippen LogP contribution in [-0.4, -0.2) is 28.0 Å². The maximum atomic E-state index is 3.94. The lowest BCUT2D eigenvalue weighted by Crippen LogP contribution is -2.16. The summed E-state index contributed by atoms with van der Waals surface area (Å²) < 4.78 is 0. The zero-order valence-corrected chi connectivity index (χ0v) is 9.66. The highest BCUT2D eigenvalue weighted by Gasteiger charge is 1.91. The Morgan fingerprint density at radius 1 is 1.64 bits per heavy atom. The highest BCUT2D eigenvalue weighted by atomic mass is 35.5. The second-order valence-electron chi connectivity index (χ2n) is 2.62. The fraction of sp³-hybridized carbons (Fsp3) is 0.444. The van der Waals surface area contributed by atoms with E-state index in [1.807, 2.05) is 24.0 Å². The molecule has 0 radical (unpaired) electrons. The van der Waals surface area contributed by atoms with Gasteiger partial charge in [0.25, 0.3) is 0 Å². The third kappa shape index (κ3) is 6.07. The van der Waals surface area contributed by atoms with Gasteiger partial charge in [0.2, 0.25) is 0 Å². The molecule has 0 aliphatic carbocycles.